The first kappa shape index (κ1) is 21.3. The average molecular weight is 449 g/mol. The van der Waals surface area contributed by atoms with Gasteiger partial charge in [-0.3, -0.25) is 4.79 Å². The van der Waals surface area contributed by atoms with Gasteiger partial charge in [0.2, 0.25) is 5.95 Å². The summed E-state index contributed by atoms with van der Waals surface area (Å²) in [5.41, 5.74) is 0.443. The minimum absolute atomic E-state index is 0.0167. The molecule has 0 bridgehead atoms. The predicted octanol–water partition coefficient (Wildman–Crippen LogP) is 3.84. The Kier molecular flexibility index (Phi) is 6.00. The Balaban J connectivity index is 1.42. The third-order valence-electron chi connectivity index (χ3n) is 4.65. The second kappa shape index (κ2) is 9.03. The van der Waals surface area contributed by atoms with Gasteiger partial charge in [-0.1, -0.05) is 36.4 Å². The molecule has 0 aliphatic rings. The van der Waals surface area contributed by atoms with Crippen molar-refractivity contribution in [2.45, 2.75) is 17.9 Å². The maximum Gasteiger partial charge on any atom is 0.265 e. The van der Waals surface area contributed by atoms with Crippen LogP contribution in [0.25, 0.3) is 10.8 Å². The lowest BCUT2D eigenvalue weighted by Gasteiger charge is -2.16. The van der Waals surface area contributed by atoms with Crippen LogP contribution in [0.5, 0.6) is 5.75 Å². The predicted molar refractivity (Wildman–Crippen MR) is 122 cm³/mol. The van der Waals surface area contributed by atoms with Gasteiger partial charge in [0, 0.05) is 23.5 Å². The van der Waals surface area contributed by atoms with Crippen LogP contribution in [-0.2, 0) is 14.8 Å². The Bertz CT molecular complexity index is 1340. The largest absolute Gasteiger partial charge is 0.480 e. The molecule has 3 aromatic carbocycles. The first-order valence-electron chi connectivity index (χ1n) is 9.77. The number of ether oxygens (including phenoxy) is 1. The van der Waals surface area contributed by atoms with Crippen LogP contribution in [0.15, 0.2) is 90.1 Å². The third kappa shape index (κ3) is 4.84. The number of hydrogen-bond acceptors (Lipinski definition) is 6. The molecule has 162 valence electrons. The van der Waals surface area contributed by atoms with E-state index in [1.54, 1.807) is 13.0 Å². The highest BCUT2D eigenvalue weighted by atomic mass is 32.2. The highest BCUT2D eigenvalue weighted by Gasteiger charge is 2.18. The van der Waals surface area contributed by atoms with Crippen molar-refractivity contribution in [3.05, 3.63) is 85.2 Å². The molecular weight excluding hydrogens is 428 g/mol. The molecule has 1 atom stereocenters. The van der Waals surface area contributed by atoms with Crippen molar-refractivity contribution in [1.29, 1.82) is 0 Å². The first-order chi connectivity index (χ1) is 15.4. The van der Waals surface area contributed by atoms with Crippen molar-refractivity contribution in [3.63, 3.8) is 0 Å². The Morgan fingerprint density at radius 3 is 2.34 bits per heavy atom. The minimum Gasteiger partial charge on any atom is -0.480 e. The molecule has 4 aromatic rings. The molecule has 0 aliphatic carbocycles. The molecule has 0 radical (unpaired) electrons. The summed E-state index contributed by atoms with van der Waals surface area (Å²) in [5, 5.41) is 4.67. The number of anilines is 2. The van der Waals surface area contributed by atoms with Crippen molar-refractivity contribution in [2.24, 2.45) is 0 Å². The molecule has 2 N–H and O–H groups in total. The van der Waals surface area contributed by atoms with Crippen LogP contribution in [0.2, 0.25) is 0 Å². The van der Waals surface area contributed by atoms with Gasteiger partial charge in [-0.15, -0.1) is 0 Å². The van der Waals surface area contributed by atoms with Gasteiger partial charge in [0.1, 0.15) is 5.75 Å². The van der Waals surface area contributed by atoms with Crippen LogP contribution in [-0.4, -0.2) is 30.4 Å². The summed E-state index contributed by atoms with van der Waals surface area (Å²) < 4.78 is 33.1. The summed E-state index contributed by atoms with van der Waals surface area (Å²) >= 11 is 0. The fourth-order valence-electron chi connectivity index (χ4n) is 3.03. The van der Waals surface area contributed by atoms with Gasteiger partial charge in [0.05, 0.1) is 4.90 Å². The molecular formula is C23H20N4O4S. The number of aromatic nitrogens is 2. The highest BCUT2D eigenvalue weighted by Crippen LogP contribution is 2.26. The van der Waals surface area contributed by atoms with Gasteiger partial charge in [-0.05, 0) is 48.7 Å². The molecule has 0 aliphatic heterocycles. The van der Waals surface area contributed by atoms with Crippen LogP contribution in [0.1, 0.15) is 6.92 Å². The number of fused-ring (bicyclic) bond motifs is 1. The summed E-state index contributed by atoms with van der Waals surface area (Å²) in [6, 6.07) is 20.8. The SMILES string of the molecule is C[C@H](Oc1cccc2ccccc12)C(=O)Nc1ccc(S(=O)(=O)Nc2ncccn2)cc1. The molecule has 32 heavy (non-hydrogen) atoms. The maximum absolute atomic E-state index is 12.6. The van der Waals surface area contributed by atoms with E-state index in [0.717, 1.165) is 10.8 Å². The lowest BCUT2D eigenvalue weighted by Crippen LogP contribution is -2.30. The molecule has 1 amide bonds. The number of sulfonamides is 1. The van der Waals surface area contributed by atoms with E-state index in [2.05, 4.69) is 20.0 Å². The molecule has 0 saturated carbocycles. The van der Waals surface area contributed by atoms with E-state index in [0.29, 0.717) is 11.4 Å². The lowest BCUT2D eigenvalue weighted by atomic mass is 10.1. The minimum atomic E-state index is -3.85. The molecule has 0 unspecified atom stereocenters. The van der Waals surface area contributed by atoms with Crippen molar-refractivity contribution in [1.82, 2.24) is 9.97 Å². The smallest absolute Gasteiger partial charge is 0.265 e. The number of nitrogens with one attached hydrogen (secondary N) is 2. The summed E-state index contributed by atoms with van der Waals surface area (Å²) in [6.45, 7) is 1.65. The molecule has 1 aromatic heterocycles. The first-order valence-corrected chi connectivity index (χ1v) is 11.3. The zero-order valence-corrected chi connectivity index (χ0v) is 17.9. The van der Waals surface area contributed by atoms with Gasteiger partial charge in [0.25, 0.3) is 15.9 Å². The molecule has 0 spiro atoms. The van der Waals surface area contributed by atoms with E-state index >= 15 is 0 Å². The topological polar surface area (TPSA) is 110 Å². The maximum atomic E-state index is 12.6. The van der Waals surface area contributed by atoms with Gasteiger partial charge < -0.3 is 10.1 Å². The molecule has 0 saturated heterocycles. The number of amides is 1. The van der Waals surface area contributed by atoms with Crippen LogP contribution in [0, 0.1) is 0 Å². The number of benzene rings is 3. The van der Waals surface area contributed by atoms with Crippen molar-refractivity contribution < 1.29 is 17.9 Å². The van der Waals surface area contributed by atoms with Gasteiger partial charge >= 0.3 is 0 Å². The van der Waals surface area contributed by atoms with Crippen molar-refractivity contribution in [2.75, 3.05) is 10.0 Å². The molecule has 0 fully saturated rings. The number of nitrogens with zero attached hydrogens (tertiary/aromatic N) is 2. The van der Waals surface area contributed by atoms with E-state index in [1.807, 2.05) is 42.5 Å². The summed E-state index contributed by atoms with van der Waals surface area (Å²) in [5.74, 6) is 0.232. The fourth-order valence-corrected chi connectivity index (χ4v) is 3.99. The van der Waals surface area contributed by atoms with Gasteiger partial charge in [-0.25, -0.2) is 23.1 Å². The van der Waals surface area contributed by atoms with E-state index in [-0.39, 0.29) is 16.8 Å². The standard InChI is InChI=1S/C23H20N4O4S/c1-16(31-21-9-4-7-17-6-2-3-8-20(17)21)22(28)26-18-10-12-19(13-11-18)32(29,30)27-23-24-14-5-15-25-23/h2-16H,1H3,(H,26,28)(H,24,25,27)/t16-/m0/s1. The molecule has 9 heteroatoms. The van der Waals surface area contributed by atoms with Crippen LogP contribution in [0.3, 0.4) is 0 Å². The number of carbonyl (C=O) groups excluding carboxylic acids is 1. The lowest BCUT2D eigenvalue weighted by molar-refractivity contribution is -0.122. The quantitative estimate of drug-likeness (QED) is 0.445. The van der Waals surface area contributed by atoms with E-state index in [9.17, 15) is 13.2 Å². The molecule has 8 nitrogen and oxygen atoms in total. The van der Waals surface area contributed by atoms with Gasteiger partial charge in [0.15, 0.2) is 6.10 Å². The third-order valence-corrected chi connectivity index (χ3v) is 5.99. The summed E-state index contributed by atoms with van der Waals surface area (Å²) in [4.78, 5) is 20.3. The van der Waals surface area contributed by atoms with Crippen LogP contribution < -0.4 is 14.8 Å². The monoisotopic (exact) mass is 448 g/mol. The molecule has 1 heterocycles. The zero-order valence-electron chi connectivity index (χ0n) is 17.1. The van der Waals surface area contributed by atoms with E-state index in [4.69, 9.17) is 4.74 Å². The normalized spacial score (nSPS) is 12.2. The Labute approximate surface area is 185 Å². The number of hydrogen-bond donors (Lipinski definition) is 2. The highest BCUT2D eigenvalue weighted by molar-refractivity contribution is 7.92. The van der Waals surface area contributed by atoms with Crippen molar-refractivity contribution in [3.8, 4) is 5.75 Å². The fraction of sp³-hybridized carbons (Fsp3) is 0.0870. The Morgan fingerprint density at radius 1 is 0.906 bits per heavy atom. The van der Waals surface area contributed by atoms with Crippen molar-refractivity contribution >= 4 is 38.3 Å². The Hall–Kier alpha value is -3.98. The van der Waals surface area contributed by atoms with Gasteiger partial charge in [-0.2, -0.15) is 0 Å². The molecule has 4 rings (SSSR count). The second-order valence-corrected chi connectivity index (χ2v) is 8.61. The summed E-state index contributed by atoms with van der Waals surface area (Å²) in [6.07, 6.45) is 2.11. The van der Waals surface area contributed by atoms with E-state index < -0.39 is 16.1 Å². The number of carbonyl (C=O) groups is 1. The van der Waals surface area contributed by atoms with Crippen LogP contribution in [0.4, 0.5) is 11.6 Å². The Morgan fingerprint density at radius 2 is 1.59 bits per heavy atom. The second-order valence-electron chi connectivity index (χ2n) is 6.93. The average Bonchev–Trinajstić information content (AvgIpc) is 2.80. The van der Waals surface area contributed by atoms with Crippen LogP contribution >= 0.6 is 0 Å². The van der Waals surface area contributed by atoms with E-state index in [1.165, 1.54) is 36.7 Å². The zero-order chi connectivity index (χ0) is 22.6. The summed E-state index contributed by atoms with van der Waals surface area (Å²) in [7, 11) is -3.85. The number of rotatable bonds is 7.